The SMILES string of the molecule is O=c1cc(NCc2cccc(Cl)c2)c(Br)nn1-c1c(Cl)cccc1Cl. The number of halogens is 4. The van der Waals surface area contributed by atoms with Gasteiger partial charge in [0.1, 0.15) is 10.3 Å². The Morgan fingerprint density at radius 1 is 1.04 bits per heavy atom. The molecule has 0 aliphatic rings. The lowest BCUT2D eigenvalue weighted by atomic mass is 10.2. The Kier molecular flexibility index (Phi) is 5.69. The summed E-state index contributed by atoms with van der Waals surface area (Å²) in [5.74, 6) is 0. The fourth-order valence-electron chi connectivity index (χ4n) is 2.25. The highest BCUT2D eigenvalue weighted by Gasteiger charge is 2.13. The van der Waals surface area contributed by atoms with E-state index in [-0.39, 0.29) is 5.56 Å². The van der Waals surface area contributed by atoms with Gasteiger partial charge in [-0.3, -0.25) is 4.79 Å². The summed E-state index contributed by atoms with van der Waals surface area (Å²) < 4.78 is 1.63. The first-order chi connectivity index (χ1) is 12.0. The lowest BCUT2D eigenvalue weighted by Crippen LogP contribution is -2.22. The van der Waals surface area contributed by atoms with Crippen molar-refractivity contribution in [3.05, 3.63) is 84.1 Å². The highest BCUT2D eigenvalue weighted by Crippen LogP contribution is 2.28. The summed E-state index contributed by atoms with van der Waals surface area (Å²) in [5.41, 5.74) is 1.53. The molecule has 1 heterocycles. The zero-order chi connectivity index (χ0) is 18.0. The fourth-order valence-corrected chi connectivity index (χ4v) is 3.44. The van der Waals surface area contributed by atoms with Crippen molar-refractivity contribution in [2.75, 3.05) is 5.32 Å². The minimum absolute atomic E-state index is 0.341. The van der Waals surface area contributed by atoms with Crippen LogP contribution in [0.3, 0.4) is 0 Å². The Morgan fingerprint density at radius 2 is 1.72 bits per heavy atom. The number of benzene rings is 2. The van der Waals surface area contributed by atoms with Gasteiger partial charge in [0.15, 0.2) is 0 Å². The third kappa shape index (κ3) is 4.18. The molecular formula is C17H11BrCl3N3O. The molecule has 0 aliphatic heterocycles. The molecule has 1 N–H and O–H groups in total. The zero-order valence-electron chi connectivity index (χ0n) is 12.6. The van der Waals surface area contributed by atoms with Gasteiger partial charge in [-0.15, -0.1) is 0 Å². The van der Waals surface area contributed by atoms with Crippen LogP contribution in [0.2, 0.25) is 15.1 Å². The van der Waals surface area contributed by atoms with Crippen LogP contribution in [0.5, 0.6) is 0 Å². The minimum atomic E-state index is -0.355. The second-order valence-corrected chi connectivity index (χ2v) is 7.15. The number of nitrogens with zero attached hydrogens (tertiary/aromatic N) is 2. The number of para-hydroxylation sites is 1. The maximum absolute atomic E-state index is 12.5. The molecule has 1 aromatic heterocycles. The molecule has 8 heteroatoms. The molecule has 0 bridgehead atoms. The predicted molar refractivity (Wildman–Crippen MR) is 106 cm³/mol. The van der Waals surface area contributed by atoms with Crippen molar-refractivity contribution in [3.8, 4) is 5.69 Å². The first-order valence-electron chi connectivity index (χ1n) is 7.18. The molecule has 128 valence electrons. The van der Waals surface area contributed by atoms with E-state index in [1.165, 1.54) is 10.7 Å². The van der Waals surface area contributed by atoms with Crippen LogP contribution in [0.4, 0.5) is 5.69 Å². The van der Waals surface area contributed by atoms with Crippen LogP contribution >= 0.6 is 50.7 Å². The van der Waals surface area contributed by atoms with Crippen molar-refractivity contribution in [2.45, 2.75) is 6.54 Å². The quantitative estimate of drug-likeness (QED) is 0.555. The monoisotopic (exact) mass is 457 g/mol. The van der Waals surface area contributed by atoms with Crippen molar-refractivity contribution < 1.29 is 0 Å². The molecule has 25 heavy (non-hydrogen) atoms. The van der Waals surface area contributed by atoms with Crippen LogP contribution in [0, 0.1) is 0 Å². The predicted octanol–water partition coefficient (Wildman–Crippen LogP) is 5.57. The van der Waals surface area contributed by atoms with Gasteiger partial charge < -0.3 is 5.32 Å². The van der Waals surface area contributed by atoms with Crippen molar-refractivity contribution in [3.63, 3.8) is 0 Å². The molecule has 0 saturated heterocycles. The van der Waals surface area contributed by atoms with Gasteiger partial charge in [0.2, 0.25) is 0 Å². The first-order valence-corrected chi connectivity index (χ1v) is 9.11. The van der Waals surface area contributed by atoms with E-state index in [4.69, 9.17) is 34.8 Å². The molecule has 0 spiro atoms. The molecule has 3 rings (SSSR count). The molecular weight excluding hydrogens is 448 g/mol. The van der Waals surface area contributed by atoms with Crippen LogP contribution in [0.25, 0.3) is 5.69 Å². The summed E-state index contributed by atoms with van der Waals surface area (Å²) >= 11 is 21.7. The van der Waals surface area contributed by atoms with E-state index in [1.54, 1.807) is 24.3 Å². The second kappa shape index (κ2) is 7.79. The molecule has 0 amide bonds. The number of hydrogen-bond acceptors (Lipinski definition) is 3. The number of anilines is 1. The maximum atomic E-state index is 12.5. The summed E-state index contributed by atoms with van der Waals surface area (Å²) in [6, 6.07) is 13.9. The molecule has 0 fully saturated rings. The number of aromatic nitrogens is 2. The van der Waals surface area contributed by atoms with Crippen LogP contribution in [0.15, 0.2) is 57.9 Å². The maximum Gasteiger partial charge on any atom is 0.273 e. The van der Waals surface area contributed by atoms with Gasteiger partial charge in [-0.1, -0.05) is 53.0 Å². The number of rotatable bonds is 4. The second-order valence-electron chi connectivity index (χ2n) is 5.15. The highest BCUT2D eigenvalue weighted by atomic mass is 79.9. The first kappa shape index (κ1) is 18.3. The topological polar surface area (TPSA) is 46.9 Å². The van der Waals surface area contributed by atoms with Gasteiger partial charge in [0.25, 0.3) is 5.56 Å². The van der Waals surface area contributed by atoms with E-state index in [9.17, 15) is 4.79 Å². The van der Waals surface area contributed by atoms with Crippen LogP contribution < -0.4 is 10.9 Å². The molecule has 4 nitrogen and oxygen atoms in total. The van der Waals surface area contributed by atoms with E-state index in [0.29, 0.717) is 37.6 Å². The lowest BCUT2D eigenvalue weighted by molar-refractivity contribution is 0.794. The fraction of sp³-hybridized carbons (Fsp3) is 0.0588. The van der Waals surface area contributed by atoms with E-state index in [2.05, 4.69) is 26.3 Å². The van der Waals surface area contributed by atoms with Crippen LogP contribution in [-0.2, 0) is 6.54 Å². The van der Waals surface area contributed by atoms with Crippen molar-refractivity contribution >= 4 is 56.4 Å². The summed E-state index contributed by atoms with van der Waals surface area (Å²) in [6.07, 6.45) is 0. The normalized spacial score (nSPS) is 10.7. The smallest absolute Gasteiger partial charge is 0.273 e. The Bertz CT molecular complexity index is 971. The minimum Gasteiger partial charge on any atom is -0.379 e. The molecule has 0 unspecified atom stereocenters. The summed E-state index contributed by atoms with van der Waals surface area (Å²) in [6.45, 7) is 0.497. The van der Waals surface area contributed by atoms with Gasteiger partial charge in [-0.2, -0.15) is 9.78 Å². The van der Waals surface area contributed by atoms with Crippen molar-refractivity contribution in [1.29, 1.82) is 0 Å². The molecule has 0 atom stereocenters. The van der Waals surface area contributed by atoms with Gasteiger partial charge in [0.05, 0.1) is 15.7 Å². The largest absolute Gasteiger partial charge is 0.379 e. The standard InChI is InChI=1S/C17H11BrCl3N3O/c18-17-14(22-9-10-3-1-4-11(19)7-10)8-15(25)24(23-17)16-12(20)5-2-6-13(16)21/h1-8,22H,9H2. The van der Waals surface area contributed by atoms with E-state index in [0.717, 1.165) is 5.56 Å². The van der Waals surface area contributed by atoms with Gasteiger partial charge >= 0.3 is 0 Å². The Morgan fingerprint density at radius 3 is 2.40 bits per heavy atom. The molecule has 0 aliphatic carbocycles. The zero-order valence-corrected chi connectivity index (χ0v) is 16.5. The van der Waals surface area contributed by atoms with Gasteiger partial charge in [-0.25, -0.2) is 0 Å². The summed E-state index contributed by atoms with van der Waals surface area (Å²) in [4.78, 5) is 12.5. The number of hydrogen-bond donors (Lipinski definition) is 1. The molecule has 3 aromatic rings. The molecule has 0 saturated carbocycles. The molecule has 0 radical (unpaired) electrons. The Hall–Kier alpha value is -1.53. The van der Waals surface area contributed by atoms with Crippen molar-refractivity contribution in [1.82, 2.24) is 9.78 Å². The highest BCUT2D eigenvalue weighted by molar-refractivity contribution is 9.10. The van der Waals surface area contributed by atoms with Gasteiger partial charge in [-0.05, 0) is 45.8 Å². The Labute approximate surface area is 167 Å². The van der Waals surface area contributed by atoms with E-state index >= 15 is 0 Å². The summed E-state index contributed by atoms with van der Waals surface area (Å²) in [5, 5.41) is 8.75. The van der Waals surface area contributed by atoms with E-state index < -0.39 is 0 Å². The average molecular weight is 460 g/mol. The van der Waals surface area contributed by atoms with Crippen LogP contribution in [0.1, 0.15) is 5.56 Å². The van der Waals surface area contributed by atoms with Gasteiger partial charge in [0, 0.05) is 17.6 Å². The van der Waals surface area contributed by atoms with E-state index in [1.807, 2.05) is 18.2 Å². The lowest BCUT2D eigenvalue weighted by Gasteiger charge is -2.12. The summed E-state index contributed by atoms with van der Waals surface area (Å²) in [7, 11) is 0. The van der Waals surface area contributed by atoms with Crippen molar-refractivity contribution in [2.24, 2.45) is 0 Å². The Balaban J connectivity index is 1.92. The number of nitrogens with one attached hydrogen (secondary N) is 1. The third-order valence-corrected chi connectivity index (χ3v) is 4.84. The third-order valence-electron chi connectivity index (χ3n) is 3.41. The van der Waals surface area contributed by atoms with Crippen LogP contribution in [-0.4, -0.2) is 9.78 Å². The molecule has 2 aromatic carbocycles. The average Bonchev–Trinajstić information content (AvgIpc) is 2.56.